The molecule has 13 heteroatoms. The van der Waals surface area contributed by atoms with Gasteiger partial charge in [0.05, 0.1) is 24.9 Å². The van der Waals surface area contributed by atoms with Crippen LogP contribution in [0.25, 0.3) is 0 Å². The molecule has 7 N–H and O–H groups in total. The van der Waals surface area contributed by atoms with Crippen molar-refractivity contribution in [1.82, 2.24) is 21.3 Å². The first kappa shape index (κ1) is 34.9. The van der Waals surface area contributed by atoms with E-state index >= 15 is 0 Å². The Morgan fingerprint density at radius 1 is 1.03 bits per heavy atom. The molecule has 0 saturated carbocycles. The Labute approximate surface area is 231 Å². The predicted molar refractivity (Wildman–Crippen MR) is 148 cm³/mol. The Morgan fingerprint density at radius 2 is 1.64 bits per heavy atom. The van der Waals surface area contributed by atoms with Crippen molar-refractivity contribution in [3.63, 3.8) is 0 Å². The maximum Gasteiger partial charge on any atom is 0.320 e. The van der Waals surface area contributed by atoms with Crippen LogP contribution < -0.4 is 21.3 Å². The van der Waals surface area contributed by atoms with Crippen molar-refractivity contribution in [3.8, 4) is 0 Å². The van der Waals surface area contributed by atoms with Gasteiger partial charge in [0.15, 0.2) is 0 Å². The van der Waals surface area contributed by atoms with E-state index in [-0.39, 0.29) is 25.6 Å². The number of aliphatic hydroxyl groups excluding tert-OH is 3. The lowest BCUT2D eigenvalue weighted by Gasteiger charge is -2.31. The van der Waals surface area contributed by atoms with Crippen LogP contribution in [0.15, 0.2) is 30.3 Å². The fraction of sp³-hybridized carbons (Fsp3) is 0.692. The molecule has 1 amide bonds. The fourth-order valence-corrected chi connectivity index (χ4v) is 4.78. The summed E-state index contributed by atoms with van der Waals surface area (Å²) in [5, 5.41) is 42.6. The lowest BCUT2D eigenvalue weighted by Crippen LogP contribution is -2.59. The molecule has 0 bridgehead atoms. The van der Waals surface area contributed by atoms with Crippen LogP contribution in [0.2, 0.25) is 0 Å². The SMILES string of the molecule is CCCC(N[C@@H](O)C(CS(C)(=O)=O)NCC(=O)OC(C)(C)C)C(O)C(=O)NC[C@@H](O)N[C@H](C)c1ccccc1. The van der Waals surface area contributed by atoms with Crippen molar-refractivity contribution in [2.24, 2.45) is 0 Å². The molecule has 0 aliphatic carbocycles. The fourth-order valence-electron chi connectivity index (χ4n) is 3.83. The van der Waals surface area contributed by atoms with Gasteiger partial charge in [-0.3, -0.25) is 25.5 Å². The number of benzene rings is 1. The van der Waals surface area contributed by atoms with Crippen molar-refractivity contribution in [1.29, 1.82) is 0 Å². The molecule has 0 fully saturated rings. The third kappa shape index (κ3) is 14.7. The Hall–Kier alpha value is -2.13. The Morgan fingerprint density at radius 3 is 2.18 bits per heavy atom. The van der Waals surface area contributed by atoms with Crippen LogP contribution in [0.1, 0.15) is 59.1 Å². The zero-order valence-electron chi connectivity index (χ0n) is 23.7. The predicted octanol–water partition coefficient (Wildman–Crippen LogP) is -0.446. The van der Waals surface area contributed by atoms with Gasteiger partial charge in [-0.2, -0.15) is 0 Å². The van der Waals surface area contributed by atoms with Crippen molar-refractivity contribution in [2.75, 3.05) is 25.1 Å². The first-order valence-corrected chi connectivity index (χ1v) is 15.1. The minimum atomic E-state index is -3.58. The van der Waals surface area contributed by atoms with Gasteiger partial charge in [0.1, 0.15) is 34.0 Å². The second-order valence-electron chi connectivity index (χ2n) is 10.7. The molecule has 0 aliphatic rings. The highest BCUT2D eigenvalue weighted by molar-refractivity contribution is 7.90. The van der Waals surface area contributed by atoms with Gasteiger partial charge in [-0.15, -0.1) is 0 Å². The average Bonchev–Trinajstić information content (AvgIpc) is 2.83. The van der Waals surface area contributed by atoms with E-state index in [0.717, 1.165) is 11.8 Å². The van der Waals surface area contributed by atoms with Gasteiger partial charge < -0.3 is 25.4 Å². The van der Waals surface area contributed by atoms with Crippen LogP contribution in [-0.2, 0) is 24.2 Å². The monoisotopic (exact) mass is 574 g/mol. The van der Waals surface area contributed by atoms with Crippen LogP contribution in [-0.4, -0.2) is 97.0 Å². The van der Waals surface area contributed by atoms with Crippen LogP contribution in [0.4, 0.5) is 0 Å². The molecule has 0 aliphatic heterocycles. The second-order valence-corrected chi connectivity index (χ2v) is 12.9. The van der Waals surface area contributed by atoms with Gasteiger partial charge in [0.25, 0.3) is 5.91 Å². The quantitative estimate of drug-likeness (QED) is 0.0944. The van der Waals surface area contributed by atoms with Crippen molar-refractivity contribution >= 4 is 21.7 Å². The molecular formula is C26H46N4O8S. The molecular weight excluding hydrogens is 528 g/mol. The molecule has 1 rings (SSSR count). The number of ether oxygens (including phenoxy) is 1. The number of nitrogens with one attached hydrogen (secondary N) is 4. The number of amides is 1. The maximum absolute atomic E-state index is 12.7. The molecule has 3 unspecified atom stereocenters. The third-order valence-electron chi connectivity index (χ3n) is 5.64. The molecule has 0 spiro atoms. The Kier molecular flexibility index (Phi) is 14.5. The Bertz CT molecular complexity index is 987. The number of esters is 1. The third-order valence-corrected chi connectivity index (χ3v) is 6.60. The van der Waals surface area contributed by atoms with E-state index in [1.165, 1.54) is 0 Å². The normalized spacial score (nSPS) is 16.9. The smallest absolute Gasteiger partial charge is 0.320 e. The summed E-state index contributed by atoms with van der Waals surface area (Å²) in [5.74, 6) is -1.92. The van der Waals surface area contributed by atoms with Crippen molar-refractivity contribution in [3.05, 3.63) is 35.9 Å². The van der Waals surface area contributed by atoms with E-state index in [9.17, 15) is 33.3 Å². The summed E-state index contributed by atoms with van der Waals surface area (Å²) in [6, 6.07) is 7.18. The highest BCUT2D eigenvalue weighted by atomic mass is 32.2. The summed E-state index contributed by atoms with van der Waals surface area (Å²) in [6.45, 7) is 8.22. The van der Waals surface area contributed by atoms with Gasteiger partial charge in [-0.25, -0.2) is 8.42 Å². The number of rotatable bonds is 17. The van der Waals surface area contributed by atoms with Crippen molar-refractivity contribution in [2.45, 2.75) is 89.7 Å². The van der Waals surface area contributed by atoms with Gasteiger partial charge in [0.2, 0.25) is 0 Å². The number of carbonyl (C=O) groups is 2. The maximum atomic E-state index is 12.7. The summed E-state index contributed by atoms with van der Waals surface area (Å²) in [4.78, 5) is 24.7. The summed E-state index contributed by atoms with van der Waals surface area (Å²) >= 11 is 0. The number of carbonyl (C=O) groups excluding carboxylic acids is 2. The van der Waals surface area contributed by atoms with Crippen LogP contribution >= 0.6 is 0 Å². The van der Waals surface area contributed by atoms with E-state index in [2.05, 4.69) is 21.3 Å². The van der Waals surface area contributed by atoms with E-state index in [0.29, 0.717) is 6.42 Å². The molecule has 0 radical (unpaired) electrons. The number of sulfone groups is 1. The highest BCUT2D eigenvalue weighted by Gasteiger charge is 2.32. The highest BCUT2D eigenvalue weighted by Crippen LogP contribution is 2.12. The van der Waals surface area contributed by atoms with Gasteiger partial charge >= 0.3 is 5.97 Å². The number of hydrogen-bond donors (Lipinski definition) is 7. The Balaban J connectivity index is 2.77. The summed E-state index contributed by atoms with van der Waals surface area (Å²) in [7, 11) is -3.58. The minimum absolute atomic E-state index is 0.178. The first-order valence-electron chi connectivity index (χ1n) is 13.0. The minimum Gasteiger partial charge on any atom is -0.459 e. The average molecular weight is 575 g/mol. The van der Waals surface area contributed by atoms with E-state index < -0.39 is 63.7 Å². The van der Waals surface area contributed by atoms with Crippen molar-refractivity contribution < 1.29 is 38.1 Å². The molecule has 0 heterocycles. The molecule has 0 saturated heterocycles. The molecule has 12 nitrogen and oxygen atoms in total. The summed E-state index contributed by atoms with van der Waals surface area (Å²) in [5.41, 5.74) is 0.210. The number of hydrogen-bond acceptors (Lipinski definition) is 11. The van der Waals surface area contributed by atoms with Crippen LogP contribution in [0.3, 0.4) is 0 Å². The zero-order valence-corrected chi connectivity index (χ0v) is 24.5. The second kappa shape index (κ2) is 16.2. The molecule has 6 atom stereocenters. The largest absolute Gasteiger partial charge is 0.459 e. The molecule has 1 aromatic carbocycles. The lowest BCUT2D eigenvalue weighted by atomic mass is 10.0. The molecule has 39 heavy (non-hydrogen) atoms. The van der Waals surface area contributed by atoms with Gasteiger partial charge in [-0.1, -0.05) is 43.7 Å². The molecule has 224 valence electrons. The molecule has 0 aromatic heterocycles. The zero-order chi connectivity index (χ0) is 29.8. The van der Waals surface area contributed by atoms with Gasteiger partial charge in [-0.05, 0) is 39.7 Å². The van der Waals surface area contributed by atoms with Crippen LogP contribution in [0, 0.1) is 0 Å². The summed E-state index contributed by atoms with van der Waals surface area (Å²) in [6.07, 6.45) is -2.42. The standard InChI is InChI=1S/C26H46N4O8S/c1-7-11-19(23(33)25(35)28-14-21(31)29-17(2)18-12-9-8-10-13-18)30-24(34)20(16-39(6,36)37)27-15-22(32)38-26(3,4)5/h8-10,12-13,17,19-21,23-24,27,29-31,33-34H,7,11,14-16H2,1-6H3,(H,28,35)/t17-,19?,20?,21-,23?,24+/m1/s1. The van der Waals surface area contributed by atoms with E-state index in [4.69, 9.17) is 4.74 Å². The van der Waals surface area contributed by atoms with Gasteiger partial charge in [0, 0.05) is 18.3 Å². The number of aliphatic hydroxyl groups is 3. The van der Waals surface area contributed by atoms with E-state index in [1.807, 2.05) is 44.2 Å². The summed E-state index contributed by atoms with van der Waals surface area (Å²) < 4.78 is 29.1. The lowest BCUT2D eigenvalue weighted by molar-refractivity contribution is -0.153. The first-order chi connectivity index (χ1) is 18.0. The van der Waals surface area contributed by atoms with E-state index in [1.54, 1.807) is 20.8 Å². The van der Waals surface area contributed by atoms with Crippen LogP contribution in [0.5, 0.6) is 0 Å². The molecule has 1 aromatic rings. The topological polar surface area (TPSA) is 186 Å².